The van der Waals surface area contributed by atoms with E-state index in [1.54, 1.807) is 6.33 Å². The van der Waals surface area contributed by atoms with E-state index in [4.69, 9.17) is 5.73 Å². The summed E-state index contributed by atoms with van der Waals surface area (Å²) in [6.45, 7) is 5.78. The number of thioether (sulfide) groups is 1. The third-order valence-electron chi connectivity index (χ3n) is 3.23. The van der Waals surface area contributed by atoms with Crippen LogP contribution in [0.4, 0.5) is 4.79 Å². The molecule has 0 aliphatic carbocycles. The zero-order valence-electron chi connectivity index (χ0n) is 13.2. The molecule has 122 valence electrons. The first kappa shape index (κ1) is 17.0. The van der Waals surface area contributed by atoms with Crippen LogP contribution in [0.15, 0.2) is 35.7 Å². The molecule has 8 heteroatoms. The van der Waals surface area contributed by atoms with Crippen molar-refractivity contribution in [2.24, 2.45) is 11.7 Å². The Kier molecular flexibility index (Phi) is 5.38. The summed E-state index contributed by atoms with van der Waals surface area (Å²) in [5, 5.41) is 10.2. The fourth-order valence-corrected chi connectivity index (χ4v) is 3.12. The predicted molar refractivity (Wildman–Crippen MR) is 88.3 cm³/mol. The molecule has 0 saturated heterocycles. The van der Waals surface area contributed by atoms with Gasteiger partial charge in [0, 0.05) is 0 Å². The topological polar surface area (TPSA) is 103 Å². The maximum atomic E-state index is 12.1. The van der Waals surface area contributed by atoms with Gasteiger partial charge in [-0.1, -0.05) is 43.8 Å². The summed E-state index contributed by atoms with van der Waals surface area (Å²) in [7, 11) is 0. The van der Waals surface area contributed by atoms with Gasteiger partial charge in [0.15, 0.2) is 5.16 Å². The van der Waals surface area contributed by atoms with Crippen molar-refractivity contribution in [3.63, 3.8) is 0 Å². The Morgan fingerprint density at radius 2 is 2.00 bits per heavy atom. The van der Waals surface area contributed by atoms with E-state index in [0.29, 0.717) is 5.16 Å². The fraction of sp³-hybridized carbons (Fsp3) is 0.333. The van der Waals surface area contributed by atoms with Crippen molar-refractivity contribution in [1.29, 1.82) is 0 Å². The van der Waals surface area contributed by atoms with Gasteiger partial charge in [0.2, 0.25) is 5.91 Å². The third kappa shape index (κ3) is 4.10. The van der Waals surface area contributed by atoms with Gasteiger partial charge in [-0.2, -0.15) is 0 Å². The quantitative estimate of drug-likeness (QED) is 0.813. The molecule has 1 atom stereocenters. The van der Waals surface area contributed by atoms with Crippen molar-refractivity contribution in [1.82, 2.24) is 20.1 Å². The lowest BCUT2D eigenvalue weighted by Crippen LogP contribution is -2.42. The number of aryl methyl sites for hydroxylation is 1. The van der Waals surface area contributed by atoms with E-state index in [2.05, 4.69) is 15.5 Å². The molecule has 23 heavy (non-hydrogen) atoms. The first-order valence-corrected chi connectivity index (χ1v) is 8.01. The van der Waals surface area contributed by atoms with Crippen molar-refractivity contribution in [2.45, 2.75) is 31.2 Å². The van der Waals surface area contributed by atoms with Gasteiger partial charge < -0.3 is 5.73 Å². The highest BCUT2D eigenvalue weighted by Gasteiger charge is 2.27. The number of primary amides is 1. The molecule has 3 amide bonds. The number of carbonyl (C=O) groups is 2. The summed E-state index contributed by atoms with van der Waals surface area (Å²) in [6, 6.07) is 6.96. The molecule has 0 fully saturated rings. The average Bonchev–Trinajstić information content (AvgIpc) is 2.92. The van der Waals surface area contributed by atoms with Crippen LogP contribution in [0.5, 0.6) is 0 Å². The summed E-state index contributed by atoms with van der Waals surface area (Å²) in [5.74, 6) is -0.446. The first-order valence-electron chi connectivity index (χ1n) is 7.13. The number of aromatic nitrogens is 3. The van der Waals surface area contributed by atoms with E-state index in [1.807, 2.05) is 49.6 Å². The van der Waals surface area contributed by atoms with Gasteiger partial charge in [-0.3, -0.25) is 14.7 Å². The Labute approximate surface area is 138 Å². The summed E-state index contributed by atoms with van der Waals surface area (Å²) in [5.41, 5.74) is 7.04. The van der Waals surface area contributed by atoms with Gasteiger partial charge >= 0.3 is 6.03 Å². The molecule has 0 spiro atoms. The number of imide groups is 1. The zero-order valence-corrected chi connectivity index (χ0v) is 14.0. The van der Waals surface area contributed by atoms with Crippen molar-refractivity contribution < 1.29 is 9.59 Å². The van der Waals surface area contributed by atoms with E-state index in [9.17, 15) is 9.59 Å². The molecular formula is C15H19N5O2S. The van der Waals surface area contributed by atoms with Crippen molar-refractivity contribution in [3.8, 4) is 5.69 Å². The molecule has 1 aromatic carbocycles. The van der Waals surface area contributed by atoms with Crippen LogP contribution in [0.1, 0.15) is 19.4 Å². The van der Waals surface area contributed by atoms with E-state index in [0.717, 1.165) is 11.3 Å². The standard InChI is InChI=1S/C15H19N5O2S/c1-9(2)12(13(21)18-14(16)22)23-15-19-17-8-20(15)11-7-5-4-6-10(11)3/h4-9,12H,1-3H3,(H3,16,18,21,22). The highest BCUT2D eigenvalue weighted by atomic mass is 32.2. The number of hydrogen-bond acceptors (Lipinski definition) is 5. The maximum Gasteiger partial charge on any atom is 0.318 e. The predicted octanol–water partition coefficient (Wildman–Crippen LogP) is 1.89. The van der Waals surface area contributed by atoms with Gasteiger partial charge in [0.25, 0.3) is 0 Å². The Balaban J connectivity index is 2.29. The Morgan fingerprint density at radius 3 is 2.61 bits per heavy atom. The van der Waals surface area contributed by atoms with E-state index < -0.39 is 17.2 Å². The van der Waals surface area contributed by atoms with Crippen LogP contribution >= 0.6 is 11.8 Å². The molecule has 0 radical (unpaired) electrons. The lowest BCUT2D eigenvalue weighted by molar-refractivity contribution is -0.120. The second-order valence-corrected chi connectivity index (χ2v) is 6.51. The first-order chi connectivity index (χ1) is 10.9. The van der Waals surface area contributed by atoms with Crippen LogP contribution in [0, 0.1) is 12.8 Å². The minimum atomic E-state index is -0.860. The molecule has 2 rings (SSSR count). The molecular weight excluding hydrogens is 314 g/mol. The monoisotopic (exact) mass is 333 g/mol. The summed E-state index contributed by atoms with van der Waals surface area (Å²) < 4.78 is 1.83. The Bertz CT molecular complexity index is 713. The fourth-order valence-electron chi connectivity index (χ4n) is 2.10. The summed E-state index contributed by atoms with van der Waals surface area (Å²) in [4.78, 5) is 23.1. The van der Waals surface area contributed by atoms with E-state index >= 15 is 0 Å². The molecule has 1 heterocycles. The molecule has 1 aromatic heterocycles. The number of amides is 3. The molecule has 1 unspecified atom stereocenters. The molecule has 0 saturated carbocycles. The van der Waals surface area contributed by atoms with Crippen molar-refractivity contribution in [2.75, 3.05) is 0 Å². The smallest absolute Gasteiger partial charge is 0.318 e. The number of benzene rings is 1. The number of nitrogens with zero attached hydrogens (tertiary/aromatic N) is 3. The second kappa shape index (κ2) is 7.28. The van der Waals surface area contributed by atoms with Gasteiger partial charge in [-0.15, -0.1) is 10.2 Å². The Hall–Kier alpha value is -2.35. The second-order valence-electron chi connectivity index (χ2n) is 5.41. The number of urea groups is 1. The largest absolute Gasteiger partial charge is 0.351 e. The molecule has 0 bridgehead atoms. The number of nitrogens with two attached hydrogens (primary N) is 1. The zero-order chi connectivity index (χ0) is 17.0. The molecule has 7 nitrogen and oxygen atoms in total. The summed E-state index contributed by atoms with van der Waals surface area (Å²) in [6.07, 6.45) is 1.61. The van der Waals surface area contributed by atoms with Crippen LogP contribution in [-0.2, 0) is 4.79 Å². The number of carbonyl (C=O) groups excluding carboxylic acids is 2. The third-order valence-corrected chi connectivity index (χ3v) is 4.74. The number of para-hydroxylation sites is 1. The number of nitrogens with one attached hydrogen (secondary N) is 1. The number of rotatable bonds is 5. The van der Waals surface area contributed by atoms with Gasteiger partial charge in [0.05, 0.1) is 10.9 Å². The van der Waals surface area contributed by atoms with Crippen LogP contribution < -0.4 is 11.1 Å². The highest BCUT2D eigenvalue weighted by Crippen LogP contribution is 2.29. The normalized spacial score (nSPS) is 12.2. The SMILES string of the molecule is Cc1ccccc1-n1cnnc1SC(C(=O)NC(N)=O)C(C)C. The van der Waals surface area contributed by atoms with Crippen molar-refractivity contribution >= 4 is 23.7 Å². The lowest BCUT2D eigenvalue weighted by atomic mass is 10.1. The minimum Gasteiger partial charge on any atom is -0.351 e. The number of hydrogen-bond donors (Lipinski definition) is 2. The minimum absolute atomic E-state index is 0.0126. The van der Waals surface area contributed by atoms with Gasteiger partial charge in [-0.25, -0.2) is 4.79 Å². The van der Waals surface area contributed by atoms with Crippen molar-refractivity contribution in [3.05, 3.63) is 36.2 Å². The maximum absolute atomic E-state index is 12.1. The summed E-state index contributed by atoms with van der Waals surface area (Å²) >= 11 is 1.25. The molecule has 0 aliphatic rings. The van der Waals surface area contributed by atoms with Crippen LogP contribution in [-0.4, -0.2) is 32.0 Å². The lowest BCUT2D eigenvalue weighted by Gasteiger charge is -2.18. The van der Waals surface area contributed by atoms with E-state index in [1.165, 1.54) is 11.8 Å². The van der Waals surface area contributed by atoms with Gasteiger partial charge in [0.1, 0.15) is 6.33 Å². The van der Waals surface area contributed by atoms with Crippen LogP contribution in [0.25, 0.3) is 5.69 Å². The van der Waals surface area contributed by atoms with Gasteiger partial charge in [-0.05, 0) is 24.5 Å². The van der Waals surface area contributed by atoms with E-state index in [-0.39, 0.29) is 5.92 Å². The highest BCUT2D eigenvalue weighted by molar-refractivity contribution is 8.00. The van der Waals surface area contributed by atoms with Crippen LogP contribution in [0.2, 0.25) is 0 Å². The van der Waals surface area contributed by atoms with Crippen LogP contribution in [0.3, 0.4) is 0 Å². The molecule has 3 N–H and O–H groups in total. The Morgan fingerprint density at radius 1 is 1.30 bits per heavy atom. The average molecular weight is 333 g/mol. The molecule has 2 aromatic rings. The molecule has 0 aliphatic heterocycles.